The molecule has 1 aromatic heterocycles. The fraction of sp³-hybridized carbons (Fsp3) is 0. The first-order chi connectivity index (χ1) is 6.59. The molecule has 14 heavy (non-hydrogen) atoms. The van der Waals surface area contributed by atoms with Crippen molar-refractivity contribution in [3.05, 3.63) is 44.4 Å². The lowest BCUT2D eigenvalue weighted by atomic mass is 10.2. The second-order valence-electron chi connectivity index (χ2n) is 2.78. The molecular weight excluding hydrogens is 228 g/mol. The molecule has 0 saturated carbocycles. The molecule has 0 radical (unpaired) electrons. The van der Waals surface area contributed by atoms with E-state index < -0.39 is 11.2 Å². The van der Waals surface area contributed by atoms with Gasteiger partial charge in [-0.1, -0.05) is 23.2 Å². The Labute approximate surface area is 88.3 Å². The van der Waals surface area contributed by atoms with Crippen LogP contribution in [0.5, 0.6) is 0 Å². The number of H-pyrrole nitrogens is 1. The summed E-state index contributed by atoms with van der Waals surface area (Å²) in [5.74, 6) is -0.500. The normalized spacial score (nSPS) is 10.8. The summed E-state index contributed by atoms with van der Waals surface area (Å²) in [6, 6.07) is 2.27. The van der Waals surface area contributed by atoms with E-state index in [4.69, 9.17) is 23.2 Å². The highest BCUT2D eigenvalue weighted by atomic mass is 35.5. The van der Waals surface area contributed by atoms with Gasteiger partial charge in [-0.3, -0.25) is 4.79 Å². The third-order valence-electron chi connectivity index (χ3n) is 1.85. The van der Waals surface area contributed by atoms with Crippen LogP contribution >= 0.6 is 23.2 Å². The third kappa shape index (κ3) is 1.38. The number of fused-ring (bicyclic) bond motifs is 1. The molecule has 1 heterocycles. The van der Waals surface area contributed by atoms with E-state index in [9.17, 15) is 9.18 Å². The Morgan fingerprint density at radius 2 is 1.93 bits per heavy atom. The highest BCUT2D eigenvalue weighted by Crippen LogP contribution is 2.21. The van der Waals surface area contributed by atoms with Gasteiger partial charge in [0.1, 0.15) is 10.8 Å². The van der Waals surface area contributed by atoms with Crippen molar-refractivity contribution in [3.63, 3.8) is 0 Å². The predicted octanol–water partition coefficient (Wildman–Crippen LogP) is 2.97. The molecule has 2 aromatic rings. The number of benzene rings is 1. The van der Waals surface area contributed by atoms with Crippen LogP contribution in [-0.2, 0) is 0 Å². The largest absolute Gasteiger partial charge is 0.359 e. The standard InChI is InChI=1S/C9H4Cl2FNO/c10-5-1-4(12)2-7-8(5)9(14)6(11)3-13-7/h1-3H,(H,13,14). The number of pyridine rings is 1. The van der Waals surface area contributed by atoms with Crippen molar-refractivity contribution in [3.8, 4) is 0 Å². The minimum atomic E-state index is -0.500. The summed E-state index contributed by atoms with van der Waals surface area (Å²) >= 11 is 11.3. The van der Waals surface area contributed by atoms with Gasteiger partial charge in [-0.15, -0.1) is 0 Å². The molecular formula is C9H4Cl2FNO. The first kappa shape index (κ1) is 9.49. The Hall–Kier alpha value is -1.06. The fourth-order valence-electron chi connectivity index (χ4n) is 1.24. The van der Waals surface area contributed by atoms with E-state index in [0.717, 1.165) is 6.07 Å². The number of aromatic amines is 1. The molecule has 0 unspecified atom stereocenters. The smallest absolute Gasteiger partial charge is 0.209 e. The molecule has 0 bridgehead atoms. The Morgan fingerprint density at radius 1 is 1.21 bits per heavy atom. The average molecular weight is 232 g/mol. The predicted molar refractivity (Wildman–Crippen MR) is 54.5 cm³/mol. The SMILES string of the molecule is O=c1c(Cl)c[nH]c2cc(F)cc(Cl)c12. The number of nitrogens with one attached hydrogen (secondary N) is 1. The van der Waals surface area contributed by atoms with Crippen molar-refractivity contribution in [2.24, 2.45) is 0 Å². The fourth-order valence-corrected chi connectivity index (χ4v) is 1.69. The lowest BCUT2D eigenvalue weighted by Gasteiger charge is -2.00. The van der Waals surface area contributed by atoms with Gasteiger partial charge >= 0.3 is 0 Å². The van der Waals surface area contributed by atoms with Crippen molar-refractivity contribution in [1.29, 1.82) is 0 Å². The lowest BCUT2D eigenvalue weighted by molar-refractivity contribution is 0.629. The zero-order valence-electron chi connectivity index (χ0n) is 6.77. The van der Waals surface area contributed by atoms with Gasteiger partial charge in [0.2, 0.25) is 5.43 Å². The summed E-state index contributed by atoms with van der Waals surface area (Å²) in [4.78, 5) is 14.2. The van der Waals surface area contributed by atoms with Gasteiger partial charge < -0.3 is 4.98 Å². The molecule has 5 heteroatoms. The Bertz CT molecular complexity index is 564. The Balaban J connectivity index is 3.03. The molecule has 2 nitrogen and oxygen atoms in total. The van der Waals surface area contributed by atoms with Crippen molar-refractivity contribution in [1.82, 2.24) is 4.98 Å². The molecule has 1 aromatic carbocycles. The number of hydrogen-bond donors (Lipinski definition) is 1. The van der Waals surface area contributed by atoms with E-state index in [2.05, 4.69) is 4.98 Å². The van der Waals surface area contributed by atoms with Gasteiger partial charge in [-0.05, 0) is 12.1 Å². The number of aromatic nitrogens is 1. The summed E-state index contributed by atoms with van der Waals surface area (Å²) in [6.45, 7) is 0. The summed E-state index contributed by atoms with van der Waals surface area (Å²) < 4.78 is 12.9. The third-order valence-corrected chi connectivity index (χ3v) is 2.43. The maximum absolute atomic E-state index is 12.9. The van der Waals surface area contributed by atoms with Crippen LogP contribution in [0.15, 0.2) is 23.1 Å². The Kier molecular flexibility index (Phi) is 2.21. The van der Waals surface area contributed by atoms with Crippen molar-refractivity contribution in [2.45, 2.75) is 0 Å². The van der Waals surface area contributed by atoms with Crippen LogP contribution in [0.1, 0.15) is 0 Å². The van der Waals surface area contributed by atoms with Crippen LogP contribution in [0.4, 0.5) is 4.39 Å². The van der Waals surface area contributed by atoms with Crippen LogP contribution in [0.25, 0.3) is 10.9 Å². The van der Waals surface area contributed by atoms with Crippen molar-refractivity contribution in [2.75, 3.05) is 0 Å². The van der Waals surface area contributed by atoms with Gasteiger partial charge in [0, 0.05) is 6.20 Å². The maximum atomic E-state index is 12.9. The van der Waals surface area contributed by atoms with Gasteiger partial charge in [-0.25, -0.2) is 4.39 Å². The first-order valence-electron chi connectivity index (χ1n) is 3.75. The highest BCUT2D eigenvalue weighted by molar-refractivity contribution is 6.36. The highest BCUT2D eigenvalue weighted by Gasteiger charge is 2.08. The van der Waals surface area contributed by atoms with Crippen LogP contribution in [0, 0.1) is 5.82 Å². The number of rotatable bonds is 0. The van der Waals surface area contributed by atoms with Gasteiger partial charge in [0.05, 0.1) is 15.9 Å². The van der Waals surface area contributed by atoms with E-state index in [1.165, 1.54) is 12.3 Å². The van der Waals surface area contributed by atoms with Gasteiger partial charge in [0.25, 0.3) is 0 Å². The molecule has 0 fully saturated rings. The molecule has 0 aliphatic heterocycles. The zero-order chi connectivity index (χ0) is 10.3. The molecule has 1 N–H and O–H groups in total. The molecule has 0 atom stereocenters. The molecule has 0 aliphatic rings. The summed E-state index contributed by atoms with van der Waals surface area (Å²) in [5.41, 5.74) is -0.0604. The molecule has 0 amide bonds. The topological polar surface area (TPSA) is 32.9 Å². The van der Waals surface area contributed by atoms with Crippen LogP contribution in [0.2, 0.25) is 10.0 Å². The van der Waals surface area contributed by atoms with E-state index >= 15 is 0 Å². The number of hydrogen-bond acceptors (Lipinski definition) is 1. The molecule has 0 saturated heterocycles. The summed E-state index contributed by atoms with van der Waals surface area (Å²) in [7, 11) is 0. The second kappa shape index (κ2) is 3.26. The van der Waals surface area contributed by atoms with E-state index in [-0.39, 0.29) is 15.4 Å². The first-order valence-corrected chi connectivity index (χ1v) is 4.51. The minimum absolute atomic E-state index is 0.0333. The number of halogens is 3. The van der Waals surface area contributed by atoms with Crippen molar-refractivity contribution < 1.29 is 4.39 Å². The van der Waals surface area contributed by atoms with E-state index in [1.54, 1.807) is 0 Å². The molecule has 2 rings (SSSR count). The molecule has 0 spiro atoms. The maximum Gasteiger partial charge on any atom is 0.209 e. The zero-order valence-corrected chi connectivity index (χ0v) is 8.29. The minimum Gasteiger partial charge on any atom is -0.359 e. The van der Waals surface area contributed by atoms with E-state index in [0.29, 0.717) is 5.52 Å². The van der Waals surface area contributed by atoms with E-state index in [1.807, 2.05) is 0 Å². The van der Waals surface area contributed by atoms with Gasteiger partial charge in [-0.2, -0.15) is 0 Å². The van der Waals surface area contributed by atoms with Crippen LogP contribution < -0.4 is 5.43 Å². The van der Waals surface area contributed by atoms with Crippen LogP contribution in [-0.4, -0.2) is 4.98 Å². The summed E-state index contributed by atoms with van der Waals surface area (Å²) in [5, 5.41) is 0.301. The van der Waals surface area contributed by atoms with Gasteiger partial charge in [0.15, 0.2) is 0 Å². The average Bonchev–Trinajstić information content (AvgIpc) is 2.10. The summed E-state index contributed by atoms with van der Waals surface area (Å²) in [6.07, 6.45) is 1.31. The van der Waals surface area contributed by atoms with Crippen LogP contribution in [0.3, 0.4) is 0 Å². The second-order valence-corrected chi connectivity index (χ2v) is 3.59. The molecule has 0 aliphatic carbocycles. The lowest BCUT2D eigenvalue weighted by Crippen LogP contribution is -2.03. The quantitative estimate of drug-likeness (QED) is 0.744. The molecule has 72 valence electrons. The Morgan fingerprint density at radius 3 is 2.64 bits per heavy atom. The monoisotopic (exact) mass is 231 g/mol. The van der Waals surface area contributed by atoms with Crippen molar-refractivity contribution >= 4 is 34.1 Å².